The van der Waals surface area contributed by atoms with Gasteiger partial charge in [-0.15, -0.1) is 0 Å². The van der Waals surface area contributed by atoms with Crippen molar-refractivity contribution in [2.24, 2.45) is 0 Å². The zero-order valence-corrected chi connectivity index (χ0v) is 14.2. The Balaban J connectivity index is 1.70. The van der Waals surface area contributed by atoms with Gasteiger partial charge in [0.25, 0.3) is 5.91 Å². The molecule has 0 aliphatic heterocycles. The molecule has 1 heterocycles. The Morgan fingerprint density at radius 1 is 1.22 bits per heavy atom. The van der Waals surface area contributed by atoms with Gasteiger partial charge in [-0.2, -0.15) is 0 Å². The van der Waals surface area contributed by atoms with Crippen molar-refractivity contribution in [3.05, 3.63) is 35.5 Å². The third-order valence-corrected chi connectivity index (χ3v) is 4.23. The van der Waals surface area contributed by atoms with Crippen LogP contribution < -0.4 is 10.6 Å². The number of allylic oxidation sites excluding steroid dienone is 1. The van der Waals surface area contributed by atoms with Crippen LogP contribution >= 0.6 is 0 Å². The second-order valence-corrected chi connectivity index (χ2v) is 6.18. The number of amides is 1. The summed E-state index contributed by atoms with van der Waals surface area (Å²) in [7, 11) is 0. The van der Waals surface area contributed by atoms with Crippen molar-refractivity contribution in [1.29, 1.82) is 0 Å². The zero-order chi connectivity index (χ0) is 16.3. The predicted octanol–water partition coefficient (Wildman–Crippen LogP) is 4.30. The van der Waals surface area contributed by atoms with Crippen LogP contribution in [0.3, 0.4) is 0 Å². The van der Waals surface area contributed by atoms with Gasteiger partial charge < -0.3 is 10.6 Å². The van der Waals surface area contributed by atoms with Crippen LogP contribution in [0, 0.1) is 0 Å². The van der Waals surface area contributed by atoms with Crippen LogP contribution in [0.4, 0.5) is 5.82 Å². The van der Waals surface area contributed by atoms with E-state index in [0.717, 1.165) is 25.2 Å². The van der Waals surface area contributed by atoms with E-state index in [1.165, 1.54) is 44.1 Å². The number of anilines is 1. The largest absolute Gasteiger partial charge is 0.370 e. The summed E-state index contributed by atoms with van der Waals surface area (Å²) >= 11 is 0. The number of hydrogen-bond donors (Lipinski definition) is 2. The fraction of sp³-hybridized carbons (Fsp3) is 0.579. The summed E-state index contributed by atoms with van der Waals surface area (Å²) in [5.74, 6) is 0.802. The van der Waals surface area contributed by atoms with Crippen LogP contribution in [0.5, 0.6) is 0 Å². The molecule has 1 aliphatic rings. The SMILES string of the molecule is CCCCCNc1ccc(C(=O)NCCC2=CCCCC2)cn1. The predicted molar refractivity (Wildman–Crippen MR) is 95.8 cm³/mol. The van der Waals surface area contributed by atoms with Crippen molar-refractivity contribution in [3.63, 3.8) is 0 Å². The van der Waals surface area contributed by atoms with E-state index in [1.807, 2.05) is 12.1 Å². The number of hydrogen-bond acceptors (Lipinski definition) is 3. The Morgan fingerprint density at radius 2 is 2.13 bits per heavy atom. The van der Waals surface area contributed by atoms with Gasteiger partial charge in [-0.1, -0.05) is 31.4 Å². The highest BCUT2D eigenvalue weighted by atomic mass is 16.1. The third kappa shape index (κ3) is 6.43. The van der Waals surface area contributed by atoms with E-state index >= 15 is 0 Å². The van der Waals surface area contributed by atoms with Crippen molar-refractivity contribution >= 4 is 11.7 Å². The molecule has 23 heavy (non-hydrogen) atoms. The lowest BCUT2D eigenvalue weighted by molar-refractivity contribution is 0.0953. The highest BCUT2D eigenvalue weighted by Gasteiger charge is 2.07. The van der Waals surface area contributed by atoms with Crippen molar-refractivity contribution in [3.8, 4) is 0 Å². The van der Waals surface area contributed by atoms with E-state index in [2.05, 4.69) is 28.6 Å². The number of aromatic nitrogens is 1. The molecule has 0 saturated carbocycles. The first-order valence-electron chi connectivity index (χ1n) is 8.95. The Kier molecular flexibility index (Phi) is 7.64. The molecule has 1 amide bonds. The molecule has 1 aromatic rings. The molecule has 1 aliphatic carbocycles. The molecule has 2 N–H and O–H groups in total. The molecule has 0 atom stereocenters. The van der Waals surface area contributed by atoms with Crippen LogP contribution in [0.2, 0.25) is 0 Å². The number of nitrogens with one attached hydrogen (secondary N) is 2. The molecule has 0 bridgehead atoms. The van der Waals surface area contributed by atoms with Gasteiger partial charge in [0.05, 0.1) is 5.56 Å². The minimum Gasteiger partial charge on any atom is -0.370 e. The fourth-order valence-corrected chi connectivity index (χ4v) is 2.79. The Hall–Kier alpha value is -1.84. The smallest absolute Gasteiger partial charge is 0.252 e. The summed E-state index contributed by atoms with van der Waals surface area (Å²) in [5.41, 5.74) is 2.11. The topological polar surface area (TPSA) is 54.0 Å². The summed E-state index contributed by atoms with van der Waals surface area (Å²) in [6.45, 7) is 3.83. The Bertz CT molecular complexity index is 508. The lowest BCUT2D eigenvalue weighted by atomic mass is 9.97. The van der Waals surface area contributed by atoms with Gasteiger partial charge in [0.1, 0.15) is 5.82 Å². The summed E-state index contributed by atoms with van der Waals surface area (Å²) in [6, 6.07) is 3.72. The minimum atomic E-state index is -0.0357. The molecule has 0 unspecified atom stereocenters. The van der Waals surface area contributed by atoms with Gasteiger partial charge in [-0.05, 0) is 50.7 Å². The molecule has 1 aromatic heterocycles. The molecular formula is C19H29N3O. The second kappa shape index (κ2) is 10.0. The van der Waals surface area contributed by atoms with E-state index in [9.17, 15) is 4.79 Å². The number of pyridine rings is 1. The van der Waals surface area contributed by atoms with Gasteiger partial charge in [0.2, 0.25) is 0 Å². The summed E-state index contributed by atoms with van der Waals surface area (Å²) in [6.07, 6.45) is 13.5. The van der Waals surface area contributed by atoms with Crippen LogP contribution in [0.1, 0.15) is 68.6 Å². The van der Waals surface area contributed by atoms with Crippen LogP contribution in [-0.2, 0) is 0 Å². The molecule has 126 valence electrons. The van der Waals surface area contributed by atoms with Crippen molar-refractivity contribution in [1.82, 2.24) is 10.3 Å². The highest BCUT2D eigenvalue weighted by molar-refractivity contribution is 5.94. The zero-order valence-electron chi connectivity index (χ0n) is 14.2. The average molecular weight is 315 g/mol. The Morgan fingerprint density at radius 3 is 2.83 bits per heavy atom. The van der Waals surface area contributed by atoms with Gasteiger partial charge in [-0.3, -0.25) is 4.79 Å². The third-order valence-electron chi connectivity index (χ3n) is 4.23. The first-order chi connectivity index (χ1) is 11.3. The van der Waals surface area contributed by atoms with Crippen LogP contribution in [0.25, 0.3) is 0 Å². The molecule has 4 nitrogen and oxygen atoms in total. The van der Waals surface area contributed by atoms with E-state index in [-0.39, 0.29) is 5.91 Å². The molecule has 2 rings (SSSR count). The molecule has 0 spiro atoms. The standard InChI is InChI=1S/C19H29N3O/c1-2-3-7-13-20-18-11-10-17(15-22-18)19(23)21-14-12-16-8-5-4-6-9-16/h8,10-11,15H,2-7,9,12-14H2,1H3,(H,20,22)(H,21,23). The normalized spacial score (nSPS) is 14.2. The van der Waals surface area contributed by atoms with Gasteiger partial charge in [0, 0.05) is 19.3 Å². The van der Waals surface area contributed by atoms with Crippen LogP contribution in [-0.4, -0.2) is 24.0 Å². The minimum absolute atomic E-state index is 0.0357. The molecule has 0 fully saturated rings. The number of nitrogens with zero attached hydrogens (tertiary/aromatic N) is 1. The van der Waals surface area contributed by atoms with Gasteiger partial charge in [-0.25, -0.2) is 4.98 Å². The number of carbonyl (C=O) groups excluding carboxylic acids is 1. The first kappa shape index (κ1) is 17.5. The fourth-order valence-electron chi connectivity index (χ4n) is 2.79. The van der Waals surface area contributed by atoms with E-state index < -0.39 is 0 Å². The van der Waals surface area contributed by atoms with Crippen molar-refractivity contribution in [2.45, 2.75) is 58.3 Å². The molecular weight excluding hydrogens is 286 g/mol. The summed E-state index contributed by atoms with van der Waals surface area (Å²) in [4.78, 5) is 16.4. The van der Waals surface area contributed by atoms with Crippen molar-refractivity contribution < 1.29 is 4.79 Å². The number of carbonyl (C=O) groups is 1. The summed E-state index contributed by atoms with van der Waals surface area (Å²) in [5, 5.41) is 6.27. The van der Waals surface area contributed by atoms with E-state index in [1.54, 1.807) is 6.20 Å². The van der Waals surface area contributed by atoms with E-state index in [4.69, 9.17) is 0 Å². The van der Waals surface area contributed by atoms with E-state index in [0.29, 0.717) is 12.1 Å². The molecule has 0 saturated heterocycles. The number of rotatable bonds is 9. The van der Waals surface area contributed by atoms with Crippen LogP contribution in [0.15, 0.2) is 30.0 Å². The first-order valence-corrected chi connectivity index (χ1v) is 8.95. The van der Waals surface area contributed by atoms with Gasteiger partial charge >= 0.3 is 0 Å². The maximum absolute atomic E-state index is 12.1. The molecule has 0 radical (unpaired) electrons. The average Bonchev–Trinajstić information content (AvgIpc) is 2.60. The maximum Gasteiger partial charge on any atom is 0.252 e. The number of unbranched alkanes of at least 4 members (excludes halogenated alkanes) is 2. The lowest BCUT2D eigenvalue weighted by Gasteiger charge is -2.13. The monoisotopic (exact) mass is 315 g/mol. The lowest BCUT2D eigenvalue weighted by Crippen LogP contribution is -2.25. The van der Waals surface area contributed by atoms with Gasteiger partial charge in [0.15, 0.2) is 0 Å². The molecule has 4 heteroatoms. The molecule has 0 aromatic carbocycles. The summed E-state index contributed by atoms with van der Waals surface area (Å²) < 4.78 is 0. The highest BCUT2D eigenvalue weighted by Crippen LogP contribution is 2.19. The maximum atomic E-state index is 12.1. The van der Waals surface area contributed by atoms with Crippen molar-refractivity contribution in [2.75, 3.05) is 18.4 Å². The second-order valence-electron chi connectivity index (χ2n) is 6.18. The Labute approximate surface area is 139 Å². The quantitative estimate of drug-likeness (QED) is 0.527.